The third-order valence-corrected chi connectivity index (χ3v) is 8.18. The van der Waals surface area contributed by atoms with Crippen LogP contribution in [0.1, 0.15) is 44.2 Å². The van der Waals surface area contributed by atoms with E-state index in [1.807, 2.05) is 74.5 Å². The molecule has 1 saturated heterocycles. The van der Waals surface area contributed by atoms with E-state index >= 15 is 0 Å². The molecule has 0 spiro atoms. The average Bonchev–Trinajstić information content (AvgIpc) is 3.07. The fraction of sp³-hybridized carbons (Fsp3) is 0.310. The normalized spacial score (nSPS) is 17.9. The Morgan fingerprint density at radius 1 is 0.868 bits per heavy atom. The van der Waals surface area contributed by atoms with Crippen molar-refractivity contribution >= 4 is 22.1 Å². The number of carbonyl (C=O) groups is 2. The first-order valence-corrected chi connectivity index (χ1v) is 13.9. The molecule has 9 heteroatoms. The molecule has 0 saturated carbocycles. The number of hydrogen-bond acceptors (Lipinski definition) is 6. The van der Waals surface area contributed by atoms with Crippen molar-refractivity contribution in [1.29, 1.82) is 0 Å². The van der Waals surface area contributed by atoms with E-state index in [1.54, 1.807) is 31.2 Å². The zero-order valence-corrected chi connectivity index (χ0v) is 22.5. The molecule has 1 heterocycles. The predicted molar refractivity (Wildman–Crippen MR) is 143 cm³/mol. The molecule has 1 unspecified atom stereocenters. The summed E-state index contributed by atoms with van der Waals surface area (Å²) >= 11 is 0. The van der Waals surface area contributed by atoms with Crippen LogP contribution in [0.3, 0.4) is 0 Å². The number of ether oxygens (including phenoxy) is 2. The second-order valence-electron chi connectivity index (χ2n) is 9.67. The van der Waals surface area contributed by atoms with Crippen molar-refractivity contribution in [2.45, 2.75) is 45.7 Å². The second-order valence-corrected chi connectivity index (χ2v) is 11.5. The Morgan fingerprint density at radius 3 is 2.05 bits per heavy atom. The molecule has 4 rings (SSSR count). The lowest BCUT2D eigenvalue weighted by Crippen LogP contribution is -2.37. The molecule has 0 radical (unpaired) electrons. The molecule has 0 aliphatic carbocycles. The molecule has 2 atom stereocenters. The highest BCUT2D eigenvalue weighted by atomic mass is 32.2. The summed E-state index contributed by atoms with van der Waals surface area (Å²) in [6.07, 6.45) is 0.364. The molecule has 0 aromatic heterocycles. The lowest BCUT2D eigenvalue weighted by molar-refractivity contribution is -0.150. The number of amides is 1. The van der Waals surface area contributed by atoms with E-state index in [9.17, 15) is 18.0 Å². The van der Waals surface area contributed by atoms with Gasteiger partial charge in [-0.25, -0.2) is 0 Å². The van der Waals surface area contributed by atoms with Crippen molar-refractivity contribution in [2.75, 3.05) is 6.73 Å². The number of para-hydroxylation sites is 1. The van der Waals surface area contributed by atoms with Crippen molar-refractivity contribution in [3.63, 3.8) is 0 Å². The molecular weight excluding hydrogens is 504 g/mol. The third-order valence-electron chi connectivity index (χ3n) is 6.37. The largest absolute Gasteiger partial charge is 0.457 e. The van der Waals surface area contributed by atoms with Crippen LogP contribution in [0.25, 0.3) is 0 Å². The summed E-state index contributed by atoms with van der Waals surface area (Å²) in [6.45, 7) is 4.92. The maximum atomic E-state index is 13.4. The molecule has 1 fully saturated rings. The number of esters is 1. The third kappa shape index (κ3) is 6.23. The molecule has 0 bridgehead atoms. The van der Waals surface area contributed by atoms with Gasteiger partial charge in [0.1, 0.15) is 17.5 Å². The zero-order chi connectivity index (χ0) is 27.3. The number of rotatable bonds is 10. The molecule has 1 amide bonds. The van der Waals surface area contributed by atoms with Gasteiger partial charge in [-0.05, 0) is 54.7 Å². The van der Waals surface area contributed by atoms with Gasteiger partial charge in [-0.1, -0.05) is 74.5 Å². The summed E-state index contributed by atoms with van der Waals surface area (Å²) in [4.78, 5) is 26.0. The van der Waals surface area contributed by atoms with Crippen LogP contribution in [0.15, 0.2) is 84.9 Å². The zero-order valence-electron chi connectivity index (χ0n) is 21.7. The SMILES string of the molecule is CC(C)C[C@H]1C(=O)N(COC(=O)C(C)c2ccc(Oc3ccccc3)cc2)S(=O)(=O)N1Cc1ccccc1. The summed E-state index contributed by atoms with van der Waals surface area (Å²) in [7, 11) is -4.17. The lowest BCUT2D eigenvalue weighted by atomic mass is 10.0. The first-order valence-electron chi connectivity index (χ1n) is 12.5. The maximum Gasteiger partial charge on any atom is 0.314 e. The maximum absolute atomic E-state index is 13.4. The summed E-state index contributed by atoms with van der Waals surface area (Å²) in [5.41, 5.74) is 1.44. The van der Waals surface area contributed by atoms with Crippen molar-refractivity contribution < 1.29 is 27.5 Å². The Labute approximate surface area is 224 Å². The molecule has 38 heavy (non-hydrogen) atoms. The summed E-state index contributed by atoms with van der Waals surface area (Å²) in [6, 6.07) is 24.6. The van der Waals surface area contributed by atoms with Crippen LogP contribution in [0.2, 0.25) is 0 Å². The molecule has 1 aliphatic rings. The van der Waals surface area contributed by atoms with Crippen LogP contribution in [-0.2, 0) is 31.1 Å². The van der Waals surface area contributed by atoms with Crippen LogP contribution in [0.4, 0.5) is 0 Å². The van der Waals surface area contributed by atoms with Gasteiger partial charge in [0, 0.05) is 6.54 Å². The highest BCUT2D eigenvalue weighted by Crippen LogP contribution is 2.31. The Kier molecular flexibility index (Phi) is 8.48. The van der Waals surface area contributed by atoms with Gasteiger partial charge in [-0.15, -0.1) is 0 Å². The van der Waals surface area contributed by atoms with Gasteiger partial charge < -0.3 is 9.47 Å². The molecular formula is C29H32N2O6S. The summed E-state index contributed by atoms with van der Waals surface area (Å²) in [5.74, 6) is -0.490. The van der Waals surface area contributed by atoms with E-state index in [4.69, 9.17) is 9.47 Å². The number of hydrogen-bond donors (Lipinski definition) is 0. The van der Waals surface area contributed by atoms with Crippen LogP contribution in [-0.4, -0.2) is 41.7 Å². The van der Waals surface area contributed by atoms with Crippen LogP contribution >= 0.6 is 0 Å². The van der Waals surface area contributed by atoms with Gasteiger partial charge in [0.2, 0.25) is 0 Å². The Bertz CT molecular complexity index is 1340. The number of carbonyl (C=O) groups excluding carboxylic acids is 2. The topological polar surface area (TPSA) is 93.2 Å². The van der Waals surface area contributed by atoms with Crippen LogP contribution < -0.4 is 4.74 Å². The van der Waals surface area contributed by atoms with Crippen LogP contribution in [0.5, 0.6) is 11.5 Å². The van der Waals surface area contributed by atoms with Crippen molar-refractivity contribution in [2.24, 2.45) is 5.92 Å². The average molecular weight is 537 g/mol. The first kappa shape index (κ1) is 27.3. The van der Waals surface area contributed by atoms with Gasteiger partial charge in [-0.2, -0.15) is 17.0 Å². The number of nitrogens with zero attached hydrogens (tertiary/aromatic N) is 2. The molecule has 1 aliphatic heterocycles. The van der Waals surface area contributed by atoms with Crippen molar-refractivity contribution in [1.82, 2.24) is 8.61 Å². The smallest absolute Gasteiger partial charge is 0.314 e. The van der Waals surface area contributed by atoms with Gasteiger partial charge in [0.15, 0.2) is 6.73 Å². The minimum absolute atomic E-state index is 0.0601. The fourth-order valence-corrected chi connectivity index (χ4v) is 5.87. The first-order chi connectivity index (χ1) is 18.2. The molecule has 0 N–H and O–H groups in total. The van der Waals surface area contributed by atoms with Gasteiger partial charge in [0.25, 0.3) is 5.91 Å². The van der Waals surface area contributed by atoms with E-state index in [0.29, 0.717) is 27.8 Å². The quantitative estimate of drug-likeness (QED) is 0.335. The minimum Gasteiger partial charge on any atom is -0.457 e. The lowest BCUT2D eigenvalue weighted by Gasteiger charge is -2.22. The monoisotopic (exact) mass is 536 g/mol. The van der Waals surface area contributed by atoms with Gasteiger partial charge in [0.05, 0.1) is 5.92 Å². The Balaban J connectivity index is 1.42. The van der Waals surface area contributed by atoms with E-state index in [1.165, 1.54) is 4.31 Å². The van der Waals surface area contributed by atoms with E-state index in [2.05, 4.69) is 0 Å². The van der Waals surface area contributed by atoms with E-state index in [0.717, 1.165) is 5.56 Å². The highest BCUT2D eigenvalue weighted by Gasteiger charge is 2.50. The molecule has 200 valence electrons. The Morgan fingerprint density at radius 2 is 1.45 bits per heavy atom. The minimum atomic E-state index is -4.17. The van der Waals surface area contributed by atoms with Crippen molar-refractivity contribution in [3.05, 3.63) is 96.1 Å². The summed E-state index contributed by atoms with van der Waals surface area (Å²) < 4.78 is 39.7. The summed E-state index contributed by atoms with van der Waals surface area (Å²) in [5, 5.41) is 0. The van der Waals surface area contributed by atoms with E-state index in [-0.39, 0.29) is 12.5 Å². The van der Waals surface area contributed by atoms with Crippen molar-refractivity contribution in [3.8, 4) is 11.5 Å². The van der Waals surface area contributed by atoms with Crippen LogP contribution in [0, 0.1) is 5.92 Å². The number of benzene rings is 3. The molecule has 3 aromatic carbocycles. The predicted octanol–water partition coefficient (Wildman–Crippen LogP) is 5.09. The highest BCUT2D eigenvalue weighted by molar-refractivity contribution is 7.87. The molecule has 8 nitrogen and oxygen atoms in total. The fourth-order valence-electron chi connectivity index (χ4n) is 4.27. The Hall–Kier alpha value is -3.69. The second kappa shape index (κ2) is 11.8. The van der Waals surface area contributed by atoms with Gasteiger partial charge in [-0.3, -0.25) is 9.59 Å². The van der Waals surface area contributed by atoms with Gasteiger partial charge >= 0.3 is 16.2 Å². The molecule has 3 aromatic rings. The standard InChI is InChI=1S/C29H32N2O6S/c1-21(2)18-27-28(32)31(38(34,35)30(27)19-23-10-6-4-7-11-23)20-36-29(33)22(3)24-14-16-26(17-15-24)37-25-12-8-5-9-13-25/h4-17,21-22,27H,18-20H2,1-3H3/t22?,27-/m0/s1. The van der Waals surface area contributed by atoms with E-state index < -0.39 is 40.8 Å².